The second-order valence-corrected chi connectivity index (χ2v) is 5.22. The molecule has 1 N–H and O–H groups in total. The zero-order valence-electron chi connectivity index (χ0n) is 9.29. The highest BCUT2D eigenvalue weighted by Gasteiger charge is 2.26. The van der Waals surface area contributed by atoms with E-state index in [9.17, 15) is 5.11 Å². The van der Waals surface area contributed by atoms with E-state index in [1.54, 1.807) is 0 Å². The Morgan fingerprint density at radius 3 is 2.62 bits per heavy atom. The zero-order chi connectivity index (χ0) is 9.84. The molecule has 0 aliphatic heterocycles. The molecule has 0 saturated heterocycles. The molecule has 0 aromatic rings. The molecule has 0 radical (unpaired) electrons. The van der Waals surface area contributed by atoms with Crippen LogP contribution in [0.2, 0.25) is 0 Å². The molecule has 1 nitrogen and oxygen atoms in total. The van der Waals surface area contributed by atoms with Gasteiger partial charge in [-0.3, -0.25) is 0 Å². The standard InChI is InChI=1S/C12H24O/c1-9(2)4-6-11-8-10(3)5-7-12(11)13/h9-13H,4-8H2,1-3H3. The van der Waals surface area contributed by atoms with Crippen molar-refractivity contribution in [3.8, 4) is 0 Å². The average molecular weight is 184 g/mol. The highest BCUT2D eigenvalue weighted by molar-refractivity contribution is 4.78. The second-order valence-electron chi connectivity index (χ2n) is 5.22. The number of aliphatic hydroxyl groups is 1. The lowest BCUT2D eigenvalue weighted by Crippen LogP contribution is -2.28. The first-order valence-electron chi connectivity index (χ1n) is 5.77. The van der Waals surface area contributed by atoms with E-state index in [-0.39, 0.29) is 6.10 Å². The molecule has 0 aromatic heterocycles. The number of hydrogen-bond acceptors (Lipinski definition) is 1. The Labute approximate surface area is 82.5 Å². The SMILES string of the molecule is CC(C)CCC1CC(C)CCC1O. The lowest BCUT2D eigenvalue weighted by molar-refractivity contribution is 0.0448. The Bertz CT molecular complexity index is 142. The summed E-state index contributed by atoms with van der Waals surface area (Å²) in [4.78, 5) is 0. The van der Waals surface area contributed by atoms with Crippen molar-refractivity contribution in [1.82, 2.24) is 0 Å². The molecule has 0 aromatic carbocycles. The van der Waals surface area contributed by atoms with Gasteiger partial charge in [-0.2, -0.15) is 0 Å². The fourth-order valence-electron chi connectivity index (χ4n) is 2.34. The molecular formula is C12H24O. The van der Waals surface area contributed by atoms with Crippen molar-refractivity contribution in [2.24, 2.45) is 17.8 Å². The maximum absolute atomic E-state index is 9.80. The fraction of sp³-hybridized carbons (Fsp3) is 1.00. The molecule has 1 fully saturated rings. The van der Waals surface area contributed by atoms with Crippen LogP contribution < -0.4 is 0 Å². The van der Waals surface area contributed by atoms with Gasteiger partial charge in [0.1, 0.15) is 0 Å². The van der Waals surface area contributed by atoms with Crippen LogP contribution in [0.4, 0.5) is 0 Å². The zero-order valence-corrected chi connectivity index (χ0v) is 9.29. The molecular weight excluding hydrogens is 160 g/mol. The second kappa shape index (κ2) is 4.99. The van der Waals surface area contributed by atoms with Crippen molar-refractivity contribution >= 4 is 0 Å². The Morgan fingerprint density at radius 1 is 1.31 bits per heavy atom. The van der Waals surface area contributed by atoms with Crippen LogP contribution in [0.5, 0.6) is 0 Å². The Balaban J connectivity index is 2.29. The minimum atomic E-state index is -0.00468. The molecule has 0 spiro atoms. The van der Waals surface area contributed by atoms with Crippen molar-refractivity contribution in [3.63, 3.8) is 0 Å². The van der Waals surface area contributed by atoms with Gasteiger partial charge in [-0.05, 0) is 43.4 Å². The van der Waals surface area contributed by atoms with Gasteiger partial charge in [0.15, 0.2) is 0 Å². The van der Waals surface area contributed by atoms with E-state index in [1.165, 1.54) is 25.7 Å². The molecule has 78 valence electrons. The van der Waals surface area contributed by atoms with Crippen LogP contribution in [-0.2, 0) is 0 Å². The summed E-state index contributed by atoms with van der Waals surface area (Å²) in [5.74, 6) is 2.20. The van der Waals surface area contributed by atoms with E-state index in [4.69, 9.17) is 0 Å². The third-order valence-electron chi connectivity index (χ3n) is 3.32. The average Bonchev–Trinajstić information content (AvgIpc) is 2.06. The Kier molecular flexibility index (Phi) is 4.24. The van der Waals surface area contributed by atoms with E-state index in [2.05, 4.69) is 20.8 Å². The fourth-order valence-corrected chi connectivity index (χ4v) is 2.34. The lowest BCUT2D eigenvalue weighted by Gasteiger charge is -2.32. The van der Waals surface area contributed by atoms with Crippen molar-refractivity contribution < 1.29 is 5.11 Å². The summed E-state index contributed by atoms with van der Waals surface area (Å²) < 4.78 is 0. The van der Waals surface area contributed by atoms with Gasteiger partial charge >= 0.3 is 0 Å². The van der Waals surface area contributed by atoms with E-state index in [1.807, 2.05) is 0 Å². The molecule has 3 atom stereocenters. The quantitative estimate of drug-likeness (QED) is 0.714. The molecule has 1 heteroatoms. The highest BCUT2D eigenvalue weighted by atomic mass is 16.3. The molecule has 1 rings (SSSR count). The van der Waals surface area contributed by atoms with Crippen molar-refractivity contribution in [3.05, 3.63) is 0 Å². The van der Waals surface area contributed by atoms with Gasteiger partial charge in [-0.15, -0.1) is 0 Å². The smallest absolute Gasteiger partial charge is 0.0568 e. The van der Waals surface area contributed by atoms with Gasteiger partial charge < -0.3 is 5.11 Å². The van der Waals surface area contributed by atoms with E-state index >= 15 is 0 Å². The van der Waals surface area contributed by atoms with Crippen LogP contribution in [0, 0.1) is 17.8 Å². The van der Waals surface area contributed by atoms with E-state index < -0.39 is 0 Å². The number of aliphatic hydroxyl groups excluding tert-OH is 1. The van der Waals surface area contributed by atoms with Gasteiger partial charge in [0.05, 0.1) is 6.10 Å². The Morgan fingerprint density at radius 2 is 2.00 bits per heavy atom. The van der Waals surface area contributed by atoms with Gasteiger partial charge in [-0.1, -0.05) is 27.2 Å². The molecule has 0 amide bonds. The highest BCUT2D eigenvalue weighted by Crippen LogP contribution is 2.32. The summed E-state index contributed by atoms with van der Waals surface area (Å²) in [5, 5.41) is 9.80. The van der Waals surface area contributed by atoms with Crippen LogP contribution in [0.3, 0.4) is 0 Å². The summed E-state index contributed by atoms with van der Waals surface area (Å²) in [5.41, 5.74) is 0. The molecule has 13 heavy (non-hydrogen) atoms. The van der Waals surface area contributed by atoms with Gasteiger partial charge in [0, 0.05) is 0 Å². The van der Waals surface area contributed by atoms with Crippen LogP contribution in [0.15, 0.2) is 0 Å². The van der Waals surface area contributed by atoms with Gasteiger partial charge in [0.25, 0.3) is 0 Å². The minimum Gasteiger partial charge on any atom is -0.393 e. The van der Waals surface area contributed by atoms with Gasteiger partial charge in [0.2, 0.25) is 0 Å². The normalized spacial score (nSPS) is 35.3. The van der Waals surface area contributed by atoms with E-state index in [0.717, 1.165) is 18.3 Å². The number of rotatable bonds is 3. The monoisotopic (exact) mass is 184 g/mol. The summed E-state index contributed by atoms with van der Waals surface area (Å²) in [6.45, 7) is 6.84. The molecule has 0 heterocycles. The topological polar surface area (TPSA) is 20.2 Å². The van der Waals surface area contributed by atoms with Crippen LogP contribution in [0.1, 0.15) is 52.9 Å². The lowest BCUT2D eigenvalue weighted by atomic mass is 9.77. The summed E-state index contributed by atoms with van der Waals surface area (Å²) >= 11 is 0. The maximum atomic E-state index is 9.80. The summed E-state index contributed by atoms with van der Waals surface area (Å²) in [7, 11) is 0. The first kappa shape index (κ1) is 11.0. The van der Waals surface area contributed by atoms with Crippen LogP contribution in [-0.4, -0.2) is 11.2 Å². The molecule has 1 aliphatic rings. The van der Waals surface area contributed by atoms with Crippen molar-refractivity contribution in [2.75, 3.05) is 0 Å². The van der Waals surface area contributed by atoms with E-state index in [0.29, 0.717) is 5.92 Å². The molecule has 1 saturated carbocycles. The summed E-state index contributed by atoms with van der Waals surface area (Å²) in [6, 6.07) is 0. The molecule has 0 bridgehead atoms. The first-order valence-corrected chi connectivity index (χ1v) is 5.77. The maximum Gasteiger partial charge on any atom is 0.0568 e. The predicted octanol–water partition coefficient (Wildman–Crippen LogP) is 3.22. The first-order chi connectivity index (χ1) is 6.09. The molecule has 3 unspecified atom stereocenters. The predicted molar refractivity (Wildman–Crippen MR) is 56.6 cm³/mol. The number of hydrogen-bond donors (Lipinski definition) is 1. The third kappa shape index (κ3) is 3.68. The van der Waals surface area contributed by atoms with Gasteiger partial charge in [-0.25, -0.2) is 0 Å². The van der Waals surface area contributed by atoms with Crippen LogP contribution >= 0.6 is 0 Å². The Hall–Kier alpha value is -0.0400. The minimum absolute atomic E-state index is 0.00468. The van der Waals surface area contributed by atoms with Crippen LogP contribution in [0.25, 0.3) is 0 Å². The third-order valence-corrected chi connectivity index (χ3v) is 3.32. The summed E-state index contributed by atoms with van der Waals surface area (Å²) in [6.07, 6.45) is 5.99. The largest absolute Gasteiger partial charge is 0.393 e. The molecule has 1 aliphatic carbocycles. The van der Waals surface area contributed by atoms with Crippen molar-refractivity contribution in [1.29, 1.82) is 0 Å². The van der Waals surface area contributed by atoms with Crippen molar-refractivity contribution in [2.45, 2.75) is 59.0 Å².